The number of rotatable bonds is 8. The molecule has 0 atom stereocenters. The lowest BCUT2D eigenvalue weighted by Gasteiger charge is -2.29. The predicted molar refractivity (Wildman–Crippen MR) is 116 cm³/mol. The van der Waals surface area contributed by atoms with Crippen molar-refractivity contribution < 1.29 is 22.7 Å². The maximum atomic E-state index is 13.2. The zero-order valence-corrected chi connectivity index (χ0v) is 19.3. The average Bonchev–Trinajstić information content (AvgIpc) is 3.35. The van der Waals surface area contributed by atoms with Crippen LogP contribution in [0.1, 0.15) is 43.7 Å². The second-order valence-corrected chi connectivity index (χ2v) is 9.57. The Morgan fingerprint density at radius 2 is 2.03 bits per heavy atom. The van der Waals surface area contributed by atoms with Crippen LogP contribution in [0, 0.1) is 0 Å². The van der Waals surface area contributed by atoms with Gasteiger partial charge in [0, 0.05) is 18.0 Å². The number of carbonyl (C=O) groups is 1. The quantitative estimate of drug-likeness (QED) is 0.492. The van der Waals surface area contributed by atoms with Crippen molar-refractivity contribution in [2.45, 2.75) is 58.4 Å². The number of nitrogens with zero attached hydrogens (tertiary/aromatic N) is 6. The molecule has 33 heavy (non-hydrogen) atoms. The molecule has 178 valence electrons. The number of ether oxygens (including phenoxy) is 1. The van der Waals surface area contributed by atoms with Gasteiger partial charge in [0.2, 0.25) is 12.2 Å². The van der Waals surface area contributed by atoms with Gasteiger partial charge in [0.1, 0.15) is 17.3 Å². The van der Waals surface area contributed by atoms with Crippen LogP contribution in [0.25, 0.3) is 10.2 Å². The lowest BCUT2D eigenvalue weighted by atomic mass is 10.1. The molecule has 0 aromatic carbocycles. The summed E-state index contributed by atoms with van der Waals surface area (Å²) in [5.41, 5.74) is -0.626. The molecule has 0 spiro atoms. The van der Waals surface area contributed by atoms with Crippen LogP contribution in [0.5, 0.6) is 6.01 Å². The van der Waals surface area contributed by atoms with E-state index < -0.39 is 17.5 Å². The molecule has 13 heteroatoms. The minimum atomic E-state index is -4.55. The molecule has 1 amide bonds. The molecule has 3 aromatic rings. The minimum Gasteiger partial charge on any atom is -0.461 e. The number of anilines is 1. The van der Waals surface area contributed by atoms with Gasteiger partial charge >= 0.3 is 12.2 Å². The molecule has 1 aliphatic rings. The van der Waals surface area contributed by atoms with Crippen LogP contribution in [0.3, 0.4) is 0 Å². The zero-order valence-electron chi connectivity index (χ0n) is 18.4. The van der Waals surface area contributed by atoms with E-state index >= 15 is 0 Å². The highest BCUT2D eigenvalue weighted by atomic mass is 32.1. The van der Waals surface area contributed by atoms with Crippen molar-refractivity contribution in [3.8, 4) is 6.01 Å². The smallest absolute Gasteiger partial charge is 0.451 e. The summed E-state index contributed by atoms with van der Waals surface area (Å²) < 4.78 is 46.5. The van der Waals surface area contributed by atoms with Crippen molar-refractivity contribution in [3.05, 3.63) is 22.6 Å². The Morgan fingerprint density at radius 1 is 1.24 bits per heavy atom. The molecule has 4 rings (SSSR count). The van der Waals surface area contributed by atoms with Gasteiger partial charge in [-0.1, -0.05) is 13.3 Å². The summed E-state index contributed by atoms with van der Waals surface area (Å²) >= 11 is 1.54. The molecule has 4 heterocycles. The summed E-state index contributed by atoms with van der Waals surface area (Å²) in [6.45, 7) is 6.36. The van der Waals surface area contributed by atoms with Gasteiger partial charge in [0.05, 0.1) is 17.5 Å². The Labute approximate surface area is 192 Å². The molecule has 3 aromatic heterocycles. The van der Waals surface area contributed by atoms with Gasteiger partial charge in [-0.15, -0.1) is 21.5 Å². The highest BCUT2D eigenvalue weighted by Crippen LogP contribution is 2.36. The number of aromatic nitrogens is 5. The Hall–Kier alpha value is -2.96. The van der Waals surface area contributed by atoms with Crippen LogP contribution in [-0.2, 0) is 30.5 Å². The van der Waals surface area contributed by atoms with Crippen LogP contribution < -0.4 is 15.0 Å². The number of halogens is 3. The summed E-state index contributed by atoms with van der Waals surface area (Å²) in [5, 5.41) is 10.6. The van der Waals surface area contributed by atoms with Crippen molar-refractivity contribution in [3.63, 3.8) is 0 Å². The van der Waals surface area contributed by atoms with Gasteiger partial charge in [0.15, 0.2) is 5.82 Å². The summed E-state index contributed by atoms with van der Waals surface area (Å²) in [6, 6.07) is 2.17. The fourth-order valence-electron chi connectivity index (χ4n) is 3.61. The number of alkyl halides is 3. The molecule has 9 nitrogen and oxygen atoms in total. The zero-order chi connectivity index (χ0) is 23.8. The van der Waals surface area contributed by atoms with Crippen molar-refractivity contribution in [2.24, 2.45) is 0 Å². The molecule has 0 aliphatic carbocycles. The van der Waals surface area contributed by atoms with Crippen LogP contribution in [-0.4, -0.2) is 49.8 Å². The highest BCUT2D eigenvalue weighted by molar-refractivity contribution is 7.18. The Kier molecular flexibility index (Phi) is 6.16. The molecule has 1 aliphatic heterocycles. The third-order valence-electron chi connectivity index (χ3n) is 5.22. The molecular formula is C20H24F3N7O2S. The first kappa shape index (κ1) is 23.2. The standard InChI is InChI=1S/C20H24F3N7O2S/c1-4-5-12-8-13-15(25-18(26-16(13)33-12)32-10-19(2,3)24-11-31)29-6-7-30-14(9-29)27-28-17(30)20(21,22)23/h8,11H,4-7,9-10H2,1-3H3,(H,24,31). The molecule has 0 fully saturated rings. The lowest BCUT2D eigenvalue weighted by molar-refractivity contribution is -0.147. The van der Waals surface area contributed by atoms with Gasteiger partial charge in [-0.05, 0) is 26.3 Å². The van der Waals surface area contributed by atoms with Crippen LogP contribution in [0.15, 0.2) is 6.07 Å². The number of thiophene rings is 1. The van der Waals surface area contributed by atoms with Crippen molar-refractivity contribution in [1.29, 1.82) is 0 Å². The van der Waals surface area contributed by atoms with E-state index in [1.807, 2.05) is 11.0 Å². The monoisotopic (exact) mass is 483 g/mol. The van der Waals surface area contributed by atoms with Crippen molar-refractivity contribution in [2.75, 3.05) is 18.1 Å². The number of hydrogen-bond acceptors (Lipinski definition) is 8. The number of carbonyl (C=O) groups excluding carboxylic acids is 1. The van der Waals surface area contributed by atoms with E-state index in [0.29, 0.717) is 18.8 Å². The van der Waals surface area contributed by atoms with Crippen molar-refractivity contribution >= 4 is 33.8 Å². The molecule has 0 bridgehead atoms. The number of nitrogens with one attached hydrogen (secondary N) is 1. The Bertz CT molecular complexity index is 1160. The Balaban J connectivity index is 1.68. The maximum absolute atomic E-state index is 13.2. The van der Waals surface area contributed by atoms with Crippen LogP contribution in [0.4, 0.5) is 19.0 Å². The van der Waals surface area contributed by atoms with E-state index in [1.54, 1.807) is 13.8 Å². The number of fused-ring (bicyclic) bond motifs is 2. The largest absolute Gasteiger partial charge is 0.461 e. The molecular weight excluding hydrogens is 459 g/mol. The fraction of sp³-hybridized carbons (Fsp3) is 0.550. The number of amides is 1. The second-order valence-electron chi connectivity index (χ2n) is 8.46. The van der Waals surface area contributed by atoms with Gasteiger partial charge < -0.3 is 19.5 Å². The molecule has 1 N–H and O–H groups in total. The highest BCUT2D eigenvalue weighted by Gasteiger charge is 2.39. The molecule has 0 saturated heterocycles. The summed E-state index contributed by atoms with van der Waals surface area (Å²) in [4.78, 5) is 23.7. The lowest BCUT2D eigenvalue weighted by Crippen LogP contribution is -2.43. The van der Waals surface area contributed by atoms with E-state index in [0.717, 1.165) is 32.5 Å². The molecule has 0 radical (unpaired) electrons. The first-order valence-electron chi connectivity index (χ1n) is 10.5. The van der Waals surface area contributed by atoms with Crippen LogP contribution in [0.2, 0.25) is 0 Å². The maximum Gasteiger partial charge on any atom is 0.451 e. The van der Waals surface area contributed by atoms with E-state index in [2.05, 4.69) is 32.4 Å². The van der Waals surface area contributed by atoms with E-state index in [9.17, 15) is 18.0 Å². The molecule has 0 saturated carbocycles. The van der Waals surface area contributed by atoms with Crippen LogP contribution >= 0.6 is 11.3 Å². The third-order valence-corrected chi connectivity index (χ3v) is 6.31. The summed E-state index contributed by atoms with van der Waals surface area (Å²) in [5.74, 6) is -0.180. The number of hydrogen-bond donors (Lipinski definition) is 1. The number of aryl methyl sites for hydroxylation is 1. The first-order valence-corrected chi connectivity index (χ1v) is 11.3. The predicted octanol–water partition coefficient (Wildman–Crippen LogP) is 3.18. The van der Waals surface area contributed by atoms with Gasteiger partial charge in [0.25, 0.3) is 0 Å². The fourth-order valence-corrected chi connectivity index (χ4v) is 4.72. The summed E-state index contributed by atoms with van der Waals surface area (Å²) in [7, 11) is 0. The van der Waals surface area contributed by atoms with E-state index in [-0.39, 0.29) is 31.5 Å². The normalized spacial score (nSPS) is 14.4. The topological polar surface area (TPSA) is 98.1 Å². The SMILES string of the molecule is CCCc1cc2c(N3CCn4c(nnc4C(F)(F)F)C3)nc(OCC(C)(C)NC=O)nc2s1. The van der Waals surface area contributed by atoms with Gasteiger partial charge in [-0.2, -0.15) is 23.1 Å². The Morgan fingerprint density at radius 3 is 2.73 bits per heavy atom. The first-order chi connectivity index (χ1) is 15.6. The van der Waals surface area contributed by atoms with Gasteiger partial charge in [-0.3, -0.25) is 4.79 Å². The molecule has 0 unspecified atom stereocenters. The average molecular weight is 484 g/mol. The van der Waals surface area contributed by atoms with E-state index in [4.69, 9.17) is 4.74 Å². The van der Waals surface area contributed by atoms with Crippen molar-refractivity contribution in [1.82, 2.24) is 30.0 Å². The van der Waals surface area contributed by atoms with E-state index in [1.165, 1.54) is 11.3 Å². The second kappa shape index (κ2) is 8.76. The minimum absolute atomic E-state index is 0.0844. The summed E-state index contributed by atoms with van der Waals surface area (Å²) in [6.07, 6.45) is -2.09. The van der Waals surface area contributed by atoms with Gasteiger partial charge in [-0.25, -0.2) is 0 Å². The third kappa shape index (κ3) is 4.87.